The van der Waals surface area contributed by atoms with Gasteiger partial charge in [0.25, 0.3) is 0 Å². The number of carbonyl (C=O) groups excluding carboxylic acids is 1. The number of hydrogen-bond acceptors (Lipinski definition) is 5. The van der Waals surface area contributed by atoms with Crippen LogP contribution < -0.4 is 10.9 Å². The molecule has 0 bridgehead atoms. The molecule has 6 heteroatoms. The van der Waals surface area contributed by atoms with Crippen molar-refractivity contribution >= 4 is 28.4 Å². The van der Waals surface area contributed by atoms with E-state index in [1.807, 2.05) is 12.1 Å². The zero-order valence-corrected chi connectivity index (χ0v) is 17.2. The van der Waals surface area contributed by atoms with Crippen LogP contribution in [0.25, 0.3) is 11.0 Å². The Bertz CT molecular complexity index is 1340. The summed E-state index contributed by atoms with van der Waals surface area (Å²) in [6.45, 7) is 4.11. The number of allylic oxidation sites excluding steroid dienone is 2. The molecule has 0 saturated carbocycles. The number of anilines is 1. The Morgan fingerprint density at radius 2 is 1.77 bits per heavy atom. The van der Waals surface area contributed by atoms with Gasteiger partial charge in [0.1, 0.15) is 5.58 Å². The van der Waals surface area contributed by atoms with Crippen LogP contribution in [-0.4, -0.2) is 16.9 Å². The summed E-state index contributed by atoms with van der Waals surface area (Å²) >= 11 is 0. The summed E-state index contributed by atoms with van der Waals surface area (Å²) in [5.41, 5.74) is 3.03. The Kier molecular flexibility index (Phi) is 4.15. The van der Waals surface area contributed by atoms with Crippen LogP contribution in [0.1, 0.15) is 54.1 Å². The molecule has 0 radical (unpaired) electrons. The third-order valence-electron chi connectivity index (χ3n) is 6.11. The van der Waals surface area contributed by atoms with Crippen LogP contribution in [0.5, 0.6) is 0 Å². The lowest BCUT2D eigenvalue weighted by atomic mass is 9.69. The van der Waals surface area contributed by atoms with Crippen LogP contribution in [0.15, 0.2) is 69.0 Å². The predicted molar refractivity (Wildman–Crippen MR) is 116 cm³/mol. The lowest BCUT2D eigenvalue weighted by molar-refractivity contribution is -0.118. The van der Waals surface area contributed by atoms with E-state index in [2.05, 4.69) is 19.2 Å². The number of para-hydroxylation sites is 1. The molecule has 3 aromatic rings. The normalized spacial score (nSPS) is 19.5. The molecule has 0 saturated heterocycles. The summed E-state index contributed by atoms with van der Waals surface area (Å²) in [7, 11) is 0. The van der Waals surface area contributed by atoms with Gasteiger partial charge in [-0.15, -0.1) is 0 Å². The van der Waals surface area contributed by atoms with Gasteiger partial charge in [-0.3, -0.25) is 4.79 Å². The molecule has 1 aliphatic carbocycles. The number of hydrogen-bond donors (Lipinski definition) is 2. The predicted octanol–water partition coefficient (Wildman–Crippen LogP) is 4.69. The van der Waals surface area contributed by atoms with Gasteiger partial charge in [-0.25, -0.2) is 9.59 Å². The Balaban J connectivity index is 1.81. The fourth-order valence-corrected chi connectivity index (χ4v) is 4.79. The largest absolute Gasteiger partial charge is 0.478 e. The molecule has 0 spiro atoms. The van der Waals surface area contributed by atoms with E-state index in [0.717, 1.165) is 11.1 Å². The number of aromatic carboxylic acids is 1. The van der Waals surface area contributed by atoms with E-state index in [1.54, 1.807) is 24.3 Å². The minimum atomic E-state index is -1.03. The molecule has 156 valence electrons. The number of fused-ring (bicyclic) bond motifs is 3. The third-order valence-corrected chi connectivity index (χ3v) is 6.11. The molecular weight excluding hydrogens is 394 g/mol. The highest BCUT2D eigenvalue weighted by Gasteiger charge is 2.42. The second-order valence-electron chi connectivity index (χ2n) is 8.99. The first-order valence-electron chi connectivity index (χ1n) is 10.2. The molecule has 0 fully saturated rings. The highest BCUT2D eigenvalue weighted by molar-refractivity contribution is 6.04. The summed E-state index contributed by atoms with van der Waals surface area (Å²) in [5.74, 6) is -1.65. The minimum absolute atomic E-state index is 0.00994. The molecule has 1 aromatic heterocycles. The van der Waals surface area contributed by atoms with Crippen LogP contribution in [-0.2, 0) is 4.79 Å². The molecule has 2 heterocycles. The first-order valence-corrected chi connectivity index (χ1v) is 10.2. The molecule has 6 nitrogen and oxygen atoms in total. The van der Waals surface area contributed by atoms with Gasteiger partial charge in [-0.1, -0.05) is 38.1 Å². The summed E-state index contributed by atoms with van der Waals surface area (Å²) in [4.78, 5) is 37.7. The van der Waals surface area contributed by atoms with Crippen molar-refractivity contribution in [3.63, 3.8) is 0 Å². The highest BCUT2D eigenvalue weighted by Crippen LogP contribution is 2.49. The monoisotopic (exact) mass is 415 g/mol. The van der Waals surface area contributed by atoms with Gasteiger partial charge in [-0.05, 0) is 41.7 Å². The van der Waals surface area contributed by atoms with Crippen LogP contribution in [0.2, 0.25) is 0 Å². The number of carboxylic acids is 1. The number of ketones is 1. The number of rotatable bonds is 2. The average molecular weight is 415 g/mol. The Morgan fingerprint density at radius 3 is 2.48 bits per heavy atom. The first-order chi connectivity index (χ1) is 14.7. The number of nitrogens with one attached hydrogen (secondary N) is 1. The van der Waals surface area contributed by atoms with Crippen LogP contribution >= 0.6 is 0 Å². The standard InChI is InChI=1S/C25H21NO5/c1-25(2)11-16-20(17(27)12-25)19(13-7-9-14(10-8-13)23(28)29)21-22(26-16)15-5-3-4-6-18(15)31-24(21)30/h3-10,19,26H,11-12H2,1-2H3,(H,28,29). The molecule has 2 N–H and O–H groups in total. The van der Waals surface area contributed by atoms with Crippen LogP contribution in [0, 0.1) is 5.41 Å². The number of Topliss-reactive ketones (excluding diaryl/α,β-unsaturated/α-hetero) is 1. The molecule has 5 rings (SSSR count). The second kappa shape index (κ2) is 6.67. The maximum absolute atomic E-state index is 13.3. The van der Waals surface area contributed by atoms with E-state index < -0.39 is 17.5 Å². The Hall–Kier alpha value is -3.67. The average Bonchev–Trinajstić information content (AvgIpc) is 2.71. The summed E-state index contributed by atoms with van der Waals surface area (Å²) in [6, 6.07) is 13.7. The zero-order chi connectivity index (χ0) is 21.9. The lowest BCUT2D eigenvalue weighted by Gasteiger charge is -2.39. The smallest absolute Gasteiger partial charge is 0.342 e. The van der Waals surface area contributed by atoms with E-state index in [9.17, 15) is 19.5 Å². The number of benzene rings is 2. The third kappa shape index (κ3) is 3.06. The number of carboxylic acid groups (broad SMARTS) is 1. The SMILES string of the molecule is CC1(C)CC(=O)C2=C(C1)Nc1c(c(=O)oc3ccccc13)C2c1ccc(C(=O)O)cc1. The Labute approximate surface area is 178 Å². The summed E-state index contributed by atoms with van der Waals surface area (Å²) < 4.78 is 5.61. The van der Waals surface area contributed by atoms with Gasteiger partial charge in [-0.2, -0.15) is 0 Å². The fraction of sp³-hybridized carbons (Fsp3) is 0.240. The number of carbonyl (C=O) groups is 2. The Morgan fingerprint density at radius 1 is 1.06 bits per heavy atom. The molecule has 31 heavy (non-hydrogen) atoms. The van der Waals surface area contributed by atoms with Crippen molar-refractivity contribution < 1.29 is 19.1 Å². The van der Waals surface area contributed by atoms with Crippen molar-refractivity contribution in [1.82, 2.24) is 0 Å². The van der Waals surface area contributed by atoms with Gasteiger partial charge in [0.15, 0.2) is 5.78 Å². The van der Waals surface area contributed by atoms with Crippen LogP contribution in [0.4, 0.5) is 5.69 Å². The molecule has 1 unspecified atom stereocenters. The molecule has 1 aliphatic heterocycles. The molecule has 2 aliphatic rings. The topological polar surface area (TPSA) is 96.6 Å². The molecule has 0 amide bonds. The minimum Gasteiger partial charge on any atom is -0.478 e. The lowest BCUT2D eigenvalue weighted by Crippen LogP contribution is -2.35. The maximum atomic E-state index is 13.3. The van der Waals surface area contributed by atoms with Crippen molar-refractivity contribution in [2.24, 2.45) is 5.41 Å². The first kappa shape index (κ1) is 19.3. The van der Waals surface area contributed by atoms with E-state index in [-0.39, 0.29) is 16.8 Å². The van der Waals surface area contributed by atoms with Gasteiger partial charge in [0.2, 0.25) is 0 Å². The van der Waals surface area contributed by atoms with Crippen molar-refractivity contribution in [3.05, 3.63) is 86.9 Å². The molecule has 2 aromatic carbocycles. The maximum Gasteiger partial charge on any atom is 0.342 e. The van der Waals surface area contributed by atoms with Crippen molar-refractivity contribution in [2.75, 3.05) is 5.32 Å². The zero-order valence-electron chi connectivity index (χ0n) is 17.2. The quantitative estimate of drug-likeness (QED) is 0.590. The van der Waals surface area contributed by atoms with Crippen molar-refractivity contribution in [3.8, 4) is 0 Å². The van der Waals surface area contributed by atoms with E-state index in [4.69, 9.17) is 4.42 Å². The summed E-state index contributed by atoms with van der Waals surface area (Å²) in [6.07, 6.45) is 1.05. The van der Waals surface area contributed by atoms with Crippen molar-refractivity contribution in [1.29, 1.82) is 0 Å². The molecular formula is C25H21NO5. The van der Waals surface area contributed by atoms with Crippen LogP contribution in [0.3, 0.4) is 0 Å². The van der Waals surface area contributed by atoms with E-state index in [1.165, 1.54) is 12.1 Å². The highest BCUT2D eigenvalue weighted by atomic mass is 16.4. The van der Waals surface area contributed by atoms with Gasteiger partial charge in [0, 0.05) is 29.0 Å². The van der Waals surface area contributed by atoms with Crippen molar-refractivity contribution in [2.45, 2.75) is 32.6 Å². The van der Waals surface area contributed by atoms with E-state index in [0.29, 0.717) is 40.8 Å². The fourth-order valence-electron chi connectivity index (χ4n) is 4.79. The van der Waals surface area contributed by atoms with Gasteiger partial charge < -0.3 is 14.8 Å². The van der Waals surface area contributed by atoms with E-state index >= 15 is 0 Å². The molecule has 1 atom stereocenters. The van der Waals surface area contributed by atoms with Gasteiger partial charge >= 0.3 is 11.6 Å². The second-order valence-corrected chi connectivity index (χ2v) is 8.99. The summed E-state index contributed by atoms with van der Waals surface area (Å²) in [5, 5.41) is 13.4. The van der Waals surface area contributed by atoms with Gasteiger partial charge in [0.05, 0.1) is 16.8 Å².